The van der Waals surface area contributed by atoms with Crippen molar-refractivity contribution in [2.45, 2.75) is 40.0 Å². The van der Waals surface area contributed by atoms with Gasteiger partial charge in [0, 0.05) is 18.8 Å². The van der Waals surface area contributed by atoms with Crippen LogP contribution in [0.1, 0.15) is 40.0 Å². The summed E-state index contributed by atoms with van der Waals surface area (Å²) in [6.07, 6.45) is 4.22. The van der Waals surface area contributed by atoms with Crippen LogP contribution < -0.4 is 5.32 Å². The van der Waals surface area contributed by atoms with Gasteiger partial charge in [0.1, 0.15) is 0 Å². The minimum atomic E-state index is 0.387. The molecule has 2 rings (SSSR count). The van der Waals surface area contributed by atoms with Gasteiger partial charge in [0.25, 0.3) is 0 Å². The topological polar surface area (TPSA) is 24.4 Å². The first kappa shape index (κ1) is 12.3. The summed E-state index contributed by atoms with van der Waals surface area (Å²) in [7, 11) is 0. The van der Waals surface area contributed by atoms with E-state index in [2.05, 4.69) is 31.1 Å². The second kappa shape index (κ2) is 4.99. The van der Waals surface area contributed by atoms with Crippen LogP contribution >= 0.6 is 11.8 Å². The number of thioether (sulfide) groups is 1. The van der Waals surface area contributed by atoms with Gasteiger partial charge in [-0.2, -0.15) is 0 Å². The second-order valence-electron chi connectivity index (χ2n) is 6.24. The smallest absolute Gasteiger partial charge is 0.156 e. The zero-order chi connectivity index (χ0) is 11.6. The van der Waals surface area contributed by atoms with Crippen LogP contribution in [0.15, 0.2) is 4.99 Å². The summed E-state index contributed by atoms with van der Waals surface area (Å²) in [4.78, 5) is 4.63. The Labute approximate surface area is 104 Å². The molecule has 1 fully saturated rings. The SMILES string of the molecule is CC1CCC(CNC2=NCC(C)(C)CS2)C1. The molecule has 0 saturated heterocycles. The van der Waals surface area contributed by atoms with Crippen molar-refractivity contribution in [2.24, 2.45) is 22.2 Å². The fraction of sp³-hybridized carbons (Fsp3) is 0.923. The van der Waals surface area contributed by atoms with E-state index < -0.39 is 0 Å². The molecule has 3 heteroatoms. The van der Waals surface area contributed by atoms with Crippen LogP contribution in [0.3, 0.4) is 0 Å². The fourth-order valence-corrected chi connectivity index (χ4v) is 3.45. The van der Waals surface area contributed by atoms with Gasteiger partial charge in [-0.15, -0.1) is 0 Å². The molecular formula is C13H24N2S. The average Bonchev–Trinajstić information content (AvgIpc) is 2.63. The first-order chi connectivity index (χ1) is 7.55. The number of rotatable bonds is 2. The highest BCUT2D eigenvalue weighted by atomic mass is 32.2. The lowest BCUT2D eigenvalue weighted by atomic mass is 9.97. The predicted octanol–water partition coefficient (Wildman–Crippen LogP) is 3.14. The third-order valence-corrected chi connectivity index (χ3v) is 5.07. The lowest BCUT2D eigenvalue weighted by Crippen LogP contribution is -2.33. The van der Waals surface area contributed by atoms with Crippen LogP contribution in [0.25, 0.3) is 0 Å². The molecule has 1 aliphatic carbocycles. The molecule has 1 aliphatic heterocycles. The average molecular weight is 240 g/mol. The Kier molecular flexibility index (Phi) is 3.83. The Morgan fingerprint density at radius 3 is 2.81 bits per heavy atom. The van der Waals surface area contributed by atoms with Gasteiger partial charge >= 0.3 is 0 Å². The van der Waals surface area contributed by atoms with Gasteiger partial charge in [0.15, 0.2) is 5.17 Å². The van der Waals surface area contributed by atoms with E-state index >= 15 is 0 Å². The number of nitrogens with one attached hydrogen (secondary N) is 1. The first-order valence-corrected chi connectivity index (χ1v) is 7.45. The van der Waals surface area contributed by atoms with E-state index in [1.807, 2.05) is 11.8 Å². The van der Waals surface area contributed by atoms with Crippen LogP contribution in [-0.4, -0.2) is 24.0 Å². The molecule has 92 valence electrons. The Balaban J connectivity index is 1.73. The van der Waals surface area contributed by atoms with Crippen molar-refractivity contribution in [3.63, 3.8) is 0 Å². The number of hydrogen-bond acceptors (Lipinski definition) is 3. The molecule has 1 heterocycles. The molecule has 0 amide bonds. The van der Waals surface area contributed by atoms with Crippen molar-refractivity contribution < 1.29 is 0 Å². The highest BCUT2D eigenvalue weighted by Gasteiger charge is 2.25. The minimum Gasteiger partial charge on any atom is -0.365 e. The molecule has 0 radical (unpaired) electrons. The lowest BCUT2D eigenvalue weighted by molar-refractivity contribution is 0.435. The molecule has 0 aromatic carbocycles. The first-order valence-electron chi connectivity index (χ1n) is 6.46. The van der Waals surface area contributed by atoms with Gasteiger partial charge in [-0.25, -0.2) is 0 Å². The summed E-state index contributed by atoms with van der Waals surface area (Å²) in [6.45, 7) is 9.06. The van der Waals surface area contributed by atoms with Gasteiger partial charge in [-0.1, -0.05) is 39.0 Å². The molecule has 16 heavy (non-hydrogen) atoms. The van der Waals surface area contributed by atoms with Crippen LogP contribution in [0, 0.1) is 17.3 Å². The molecular weight excluding hydrogens is 216 g/mol. The molecule has 0 bridgehead atoms. The normalized spacial score (nSPS) is 33.6. The van der Waals surface area contributed by atoms with Gasteiger partial charge in [0.2, 0.25) is 0 Å². The van der Waals surface area contributed by atoms with E-state index in [0.717, 1.165) is 24.9 Å². The summed E-state index contributed by atoms with van der Waals surface area (Å²) in [5, 5.41) is 4.71. The highest BCUT2D eigenvalue weighted by Crippen LogP contribution is 2.30. The van der Waals surface area contributed by atoms with E-state index in [9.17, 15) is 0 Å². The van der Waals surface area contributed by atoms with E-state index in [0.29, 0.717) is 5.41 Å². The zero-order valence-electron chi connectivity index (χ0n) is 10.8. The van der Waals surface area contributed by atoms with Gasteiger partial charge in [-0.05, 0) is 30.1 Å². The number of aliphatic imine (C=N–C) groups is 1. The second-order valence-corrected chi connectivity index (χ2v) is 7.20. The lowest BCUT2D eigenvalue weighted by Gasteiger charge is -2.27. The van der Waals surface area contributed by atoms with Crippen LogP contribution in [0.2, 0.25) is 0 Å². The van der Waals surface area contributed by atoms with Crippen molar-refractivity contribution >= 4 is 16.9 Å². The maximum atomic E-state index is 4.63. The van der Waals surface area contributed by atoms with E-state index in [-0.39, 0.29) is 0 Å². The van der Waals surface area contributed by atoms with E-state index in [1.54, 1.807) is 0 Å². The maximum Gasteiger partial charge on any atom is 0.156 e. The standard InChI is InChI=1S/C13H24N2S/c1-10-4-5-11(6-10)7-14-12-15-8-13(2,3)9-16-12/h10-11H,4-9H2,1-3H3,(H,14,15). The molecule has 2 aliphatic rings. The maximum absolute atomic E-state index is 4.63. The Bertz CT molecular complexity index is 273. The molecule has 0 spiro atoms. The van der Waals surface area contributed by atoms with Crippen molar-refractivity contribution in [2.75, 3.05) is 18.8 Å². The predicted molar refractivity (Wildman–Crippen MR) is 73.0 cm³/mol. The highest BCUT2D eigenvalue weighted by molar-refractivity contribution is 8.13. The molecule has 0 aromatic rings. The summed E-state index contributed by atoms with van der Waals surface area (Å²) in [6, 6.07) is 0. The van der Waals surface area contributed by atoms with Crippen molar-refractivity contribution in [1.82, 2.24) is 5.32 Å². The zero-order valence-corrected chi connectivity index (χ0v) is 11.6. The summed E-state index contributed by atoms with van der Waals surface area (Å²) in [5.74, 6) is 3.01. The van der Waals surface area contributed by atoms with Crippen LogP contribution in [-0.2, 0) is 0 Å². The molecule has 2 nitrogen and oxygen atoms in total. The summed E-state index contributed by atoms with van der Waals surface area (Å²) >= 11 is 1.89. The monoisotopic (exact) mass is 240 g/mol. The van der Waals surface area contributed by atoms with E-state index in [1.165, 1.54) is 30.2 Å². The third-order valence-electron chi connectivity index (χ3n) is 3.60. The molecule has 1 saturated carbocycles. The van der Waals surface area contributed by atoms with Crippen LogP contribution in [0.5, 0.6) is 0 Å². The summed E-state index contributed by atoms with van der Waals surface area (Å²) < 4.78 is 0. The largest absolute Gasteiger partial charge is 0.365 e. The van der Waals surface area contributed by atoms with Crippen molar-refractivity contribution in [3.8, 4) is 0 Å². The Morgan fingerprint density at radius 2 is 2.25 bits per heavy atom. The Hall–Kier alpha value is -0.180. The summed E-state index contributed by atoms with van der Waals surface area (Å²) in [5.41, 5.74) is 0.387. The fourth-order valence-electron chi connectivity index (χ4n) is 2.49. The Morgan fingerprint density at radius 1 is 1.44 bits per heavy atom. The van der Waals surface area contributed by atoms with Gasteiger partial charge in [-0.3, -0.25) is 4.99 Å². The minimum absolute atomic E-state index is 0.387. The number of nitrogens with zero attached hydrogens (tertiary/aromatic N) is 1. The third kappa shape index (κ3) is 3.41. The number of hydrogen-bond donors (Lipinski definition) is 1. The molecule has 0 aromatic heterocycles. The molecule has 1 N–H and O–H groups in total. The van der Waals surface area contributed by atoms with Crippen molar-refractivity contribution in [1.29, 1.82) is 0 Å². The van der Waals surface area contributed by atoms with E-state index in [4.69, 9.17) is 0 Å². The van der Waals surface area contributed by atoms with Crippen molar-refractivity contribution in [3.05, 3.63) is 0 Å². The quantitative estimate of drug-likeness (QED) is 0.802. The number of amidine groups is 1. The van der Waals surface area contributed by atoms with Gasteiger partial charge in [0.05, 0.1) is 0 Å². The molecule has 2 unspecified atom stereocenters. The van der Waals surface area contributed by atoms with Crippen LogP contribution in [0.4, 0.5) is 0 Å². The van der Waals surface area contributed by atoms with Gasteiger partial charge < -0.3 is 5.32 Å². The molecule has 2 atom stereocenters.